The molecule has 0 aromatic heterocycles. The summed E-state index contributed by atoms with van der Waals surface area (Å²) in [6.45, 7) is 0.101. The van der Waals surface area contributed by atoms with E-state index in [2.05, 4.69) is 21.2 Å². The van der Waals surface area contributed by atoms with E-state index in [0.717, 1.165) is 5.56 Å². The molecule has 0 saturated heterocycles. The van der Waals surface area contributed by atoms with Gasteiger partial charge in [0.15, 0.2) is 6.61 Å². The smallest absolute Gasteiger partial charge is 0.339 e. The van der Waals surface area contributed by atoms with Crippen molar-refractivity contribution in [1.82, 2.24) is 5.32 Å². The van der Waals surface area contributed by atoms with E-state index in [-0.39, 0.29) is 12.5 Å². The third kappa shape index (κ3) is 6.07. The largest absolute Gasteiger partial charge is 0.497 e. The summed E-state index contributed by atoms with van der Waals surface area (Å²) in [5.41, 5.74) is 1.36. The van der Waals surface area contributed by atoms with Crippen molar-refractivity contribution >= 4 is 39.4 Å². The van der Waals surface area contributed by atoms with Crippen LogP contribution in [0.1, 0.15) is 15.9 Å². The second-order valence-electron chi connectivity index (χ2n) is 5.15. The number of nitrogens with one attached hydrogen (secondary N) is 1. The van der Waals surface area contributed by atoms with Crippen LogP contribution in [0.2, 0.25) is 5.02 Å². The summed E-state index contributed by atoms with van der Waals surface area (Å²) in [5, 5.41) is 3.37. The molecule has 0 heterocycles. The maximum absolute atomic E-state index is 12.1. The van der Waals surface area contributed by atoms with Crippen molar-refractivity contribution in [2.45, 2.75) is 6.42 Å². The third-order valence-corrected chi connectivity index (χ3v) is 4.32. The topological polar surface area (TPSA) is 64.6 Å². The molecule has 2 aromatic rings. The number of ether oxygens (including phenoxy) is 2. The maximum Gasteiger partial charge on any atom is 0.339 e. The third-order valence-electron chi connectivity index (χ3n) is 3.38. The standard InChI is InChI=1S/C18H17BrClNO4/c1-24-14-6-7-16(19)15(10-14)18(23)25-11-17(22)21-9-8-12-2-4-13(20)5-3-12/h2-7,10H,8-9,11H2,1H3,(H,21,22). The Morgan fingerprint density at radius 1 is 1.16 bits per heavy atom. The van der Waals surface area contributed by atoms with Gasteiger partial charge in [-0.3, -0.25) is 4.79 Å². The van der Waals surface area contributed by atoms with Crippen LogP contribution in [-0.4, -0.2) is 32.1 Å². The summed E-state index contributed by atoms with van der Waals surface area (Å²) in [7, 11) is 1.51. The summed E-state index contributed by atoms with van der Waals surface area (Å²) in [4.78, 5) is 23.9. The SMILES string of the molecule is COc1ccc(Br)c(C(=O)OCC(=O)NCCc2ccc(Cl)cc2)c1. The van der Waals surface area contributed by atoms with Crippen molar-refractivity contribution in [3.8, 4) is 5.75 Å². The van der Waals surface area contributed by atoms with E-state index >= 15 is 0 Å². The summed E-state index contributed by atoms with van der Waals surface area (Å²) >= 11 is 9.09. The summed E-state index contributed by atoms with van der Waals surface area (Å²) in [6.07, 6.45) is 0.665. The molecule has 0 aliphatic rings. The van der Waals surface area contributed by atoms with E-state index < -0.39 is 5.97 Å². The van der Waals surface area contributed by atoms with Gasteiger partial charge in [0.05, 0.1) is 12.7 Å². The number of amides is 1. The molecule has 1 amide bonds. The molecule has 7 heteroatoms. The summed E-state index contributed by atoms with van der Waals surface area (Å²) < 4.78 is 10.7. The van der Waals surface area contributed by atoms with Crippen LogP contribution < -0.4 is 10.1 Å². The predicted molar refractivity (Wildman–Crippen MR) is 99.1 cm³/mol. The Kier molecular flexibility index (Phi) is 7.28. The minimum atomic E-state index is -0.598. The van der Waals surface area contributed by atoms with Crippen molar-refractivity contribution in [3.05, 3.63) is 63.1 Å². The van der Waals surface area contributed by atoms with Crippen LogP contribution in [0, 0.1) is 0 Å². The van der Waals surface area contributed by atoms with Crippen LogP contribution in [-0.2, 0) is 16.0 Å². The van der Waals surface area contributed by atoms with Crippen LogP contribution >= 0.6 is 27.5 Å². The van der Waals surface area contributed by atoms with Crippen molar-refractivity contribution in [1.29, 1.82) is 0 Å². The lowest BCUT2D eigenvalue weighted by molar-refractivity contribution is -0.124. The average molecular weight is 427 g/mol. The molecular formula is C18H17BrClNO4. The van der Waals surface area contributed by atoms with Gasteiger partial charge in [0.2, 0.25) is 0 Å². The van der Waals surface area contributed by atoms with Gasteiger partial charge in [0.1, 0.15) is 5.75 Å². The Morgan fingerprint density at radius 2 is 1.88 bits per heavy atom. The number of hydrogen-bond acceptors (Lipinski definition) is 4. The van der Waals surface area contributed by atoms with Gasteiger partial charge in [-0.15, -0.1) is 0 Å². The molecule has 2 rings (SSSR count). The number of halogens is 2. The van der Waals surface area contributed by atoms with Crippen LogP contribution in [0.5, 0.6) is 5.75 Å². The van der Waals surface area contributed by atoms with Crippen molar-refractivity contribution in [3.63, 3.8) is 0 Å². The average Bonchev–Trinajstić information content (AvgIpc) is 2.62. The van der Waals surface area contributed by atoms with Gasteiger partial charge < -0.3 is 14.8 Å². The number of carbonyl (C=O) groups is 2. The Morgan fingerprint density at radius 3 is 2.56 bits per heavy atom. The van der Waals surface area contributed by atoms with E-state index in [0.29, 0.717) is 33.8 Å². The quantitative estimate of drug-likeness (QED) is 0.687. The highest BCUT2D eigenvalue weighted by Gasteiger charge is 2.14. The van der Waals surface area contributed by atoms with Crippen LogP contribution in [0.4, 0.5) is 0 Å². The molecule has 132 valence electrons. The minimum Gasteiger partial charge on any atom is -0.497 e. The maximum atomic E-state index is 12.1. The van der Waals surface area contributed by atoms with E-state index in [1.165, 1.54) is 7.11 Å². The lowest BCUT2D eigenvalue weighted by atomic mass is 10.1. The highest BCUT2D eigenvalue weighted by molar-refractivity contribution is 9.10. The van der Waals surface area contributed by atoms with E-state index in [1.807, 2.05) is 12.1 Å². The van der Waals surface area contributed by atoms with Crippen LogP contribution in [0.25, 0.3) is 0 Å². The second kappa shape index (κ2) is 9.44. The number of esters is 1. The number of benzene rings is 2. The second-order valence-corrected chi connectivity index (χ2v) is 6.44. The van der Waals surface area contributed by atoms with Crippen LogP contribution in [0.3, 0.4) is 0 Å². The Balaban J connectivity index is 1.77. The highest BCUT2D eigenvalue weighted by Crippen LogP contribution is 2.23. The number of rotatable bonds is 7. The van der Waals surface area contributed by atoms with Gasteiger partial charge in [0, 0.05) is 16.0 Å². The normalized spacial score (nSPS) is 10.2. The van der Waals surface area contributed by atoms with Crippen LogP contribution in [0.15, 0.2) is 46.9 Å². The van der Waals surface area contributed by atoms with E-state index in [4.69, 9.17) is 21.1 Å². The van der Waals surface area contributed by atoms with Gasteiger partial charge in [-0.1, -0.05) is 23.7 Å². The molecule has 25 heavy (non-hydrogen) atoms. The van der Waals surface area contributed by atoms with Gasteiger partial charge in [-0.05, 0) is 58.2 Å². The predicted octanol–water partition coefficient (Wildman–Crippen LogP) is 3.63. The molecule has 0 saturated carbocycles. The molecule has 0 bridgehead atoms. The first-order valence-electron chi connectivity index (χ1n) is 7.51. The molecule has 0 spiro atoms. The molecule has 0 aliphatic heterocycles. The fourth-order valence-corrected chi connectivity index (χ4v) is 2.58. The van der Waals surface area contributed by atoms with Crippen molar-refractivity contribution in [2.75, 3.05) is 20.3 Å². The monoisotopic (exact) mass is 425 g/mol. The van der Waals surface area contributed by atoms with Gasteiger partial charge in [-0.25, -0.2) is 4.79 Å². The molecule has 5 nitrogen and oxygen atoms in total. The van der Waals surface area contributed by atoms with Gasteiger partial charge in [0.25, 0.3) is 5.91 Å². The Bertz CT molecular complexity index is 749. The van der Waals surface area contributed by atoms with Gasteiger partial charge >= 0.3 is 5.97 Å². The zero-order valence-electron chi connectivity index (χ0n) is 13.6. The molecule has 0 unspecified atom stereocenters. The van der Waals surface area contributed by atoms with Gasteiger partial charge in [-0.2, -0.15) is 0 Å². The first-order chi connectivity index (χ1) is 12.0. The fraction of sp³-hybridized carbons (Fsp3) is 0.222. The Labute approximate surface area is 159 Å². The lowest BCUT2D eigenvalue weighted by Crippen LogP contribution is -2.30. The fourth-order valence-electron chi connectivity index (χ4n) is 2.04. The molecule has 1 N–H and O–H groups in total. The number of carbonyl (C=O) groups excluding carboxylic acids is 2. The lowest BCUT2D eigenvalue weighted by Gasteiger charge is -2.09. The molecule has 2 aromatic carbocycles. The number of methoxy groups -OCH3 is 1. The van der Waals surface area contributed by atoms with E-state index in [1.54, 1.807) is 30.3 Å². The molecule has 0 atom stereocenters. The molecule has 0 aliphatic carbocycles. The zero-order valence-corrected chi connectivity index (χ0v) is 15.9. The Hall–Kier alpha value is -2.05. The highest BCUT2D eigenvalue weighted by atomic mass is 79.9. The molecule has 0 radical (unpaired) electrons. The summed E-state index contributed by atoms with van der Waals surface area (Å²) in [6, 6.07) is 12.3. The molecule has 0 fully saturated rings. The van der Waals surface area contributed by atoms with Crippen molar-refractivity contribution < 1.29 is 19.1 Å². The molecular weight excluding hydrogens is 410 g/mol. The van der Waals surface area contributed by atoms with Crippen molar-refractivity contribution in [2.24, 2.45) is 0 Å². The zero-order chi connectivity index (χ0) is 18.2. The first-order valence-corrected chi connectivity index (χ1v) is 8.68. The summed E-state index contributed by atoms with van der Waals surface area (Å²) in [5.74, 6) is -0.428. The minimum absolute atomic E-state index is 0.299. The first kappa shape index (κ1) is 19.3. The number of hydrogen-bond donors (Lipinski definition) is 1. The van der Waals surface area contributed by atoms with E-state index in [9.17, 15) is 9.59 Å².